The Bertz CT molecular complexity index is 496. The molecule has 0 aliphatic carbocycles. The molecule has 15 heavy (non-hydrogen) atoms. The largest absolute Gasteiger partial charge is 0.366 e. The lowest BCUT2D eigenvalue weighted by Gasteiger charge is -2.09. The predicted octanol–water partition coefficient (Wildman–Crippen LogP) is -0.291. The summed E-state index contributed by atoms with van der Waals surface area (Å²) in [7, 11) is -3.84. The summed E-state index contributed by atoms with van der Waals surface area (Å²) in [5, 5.41) is 4.81. The number of anilines is 1. The van der Waals surface area contributed by atoms with Crippen molar-refractivity contribution in [2.75, 3.05) is 4.72 Å². The van der Waals surface area contributed by atoms with Crippen molar-refractivity contribution in [1.82, 2.24) is 0 Å². The Morgan fingerprint density at radius 2 is 2.00 bits per heavy atom. The molecule has 0 radical (unpaired) electrons. The molecular weight excluding hydrogens is 218 g/mol. The normalized spacial score (nSPS) is 11.1. The summed E-state index contributed by atoms with van der Waals surface area (Å²) in [6.07, 6.45) is 0. The molecule has 0 aliphatic heterocycles. The highest BCUT2D eigenvalue weighted by molar-refractivity contribution is 7.90. The fraction of sp³-hybridized carbons (Fsp3) is 0.125. The first kappa shape index (κ1) is 11.5. The third-order valence-corrected chi connectivity index (χ3v) is 2.36. The molecule has 82 valence electrons. The minimum atomic E-state index is -3.84. The molecule has 0 bridgehead atoms. The Morgan fingerprint density at radius 3 is 2.47 bits per heavy atom. The van der Waals surface area contributed by atoms with E-state index in [1.807, 2.05) is 0 Å². The highest BCUT2D eigenvalue weighted by atomic mass is 32.2. The summed E-state index contributed by atoms with van der Waals surface area (Å²) in [6.45, 7) is 1.58. The van der Waals surface area contributed by atoms with Crippen LogP contribution >= 0.6 is 0 Å². The van der Waals surface area contributed by atoms with Gasteiger partial charge >= 0.3 is 0 Å². The predicted molar refractivity (Wildman–Crippen MR) is 56.4 cm³/mol. The van der Waals surface area contributed by atoms with Crippen LogP contribution in [0.15, 0.2) is 18.2 Å². The van der Waals surface area contributed by atoms with Gasteiger partial charge in [-0.2, -0.15) is 8.42 Å². The molecule has 1 amide bonds. The monoisotopic (exact) mass is 229 g/mol. The van der Waals surface area contributed by atoms with Gasteiger partial charge in [0.25, 0.3) is 10.2 Å². The SMILES string of the molecule is Cc1c(NS(N)(=O)=O)cccc1C(N)=O. The second-order valence-electron chi connectivity index (χ2n) is 2.99. The molecule has 5 N–H and O–H groups in total. The van der Waals surface area contributed by atoms with Crippen LogP contribution in [0, 0.1) is 6.92 Å². The smallest absolute Gasteiger partial charge is 0.296 e. The zero-order valence-electron chi connectivity index (χ0n) is 8.02. The van der Waals surface area contributed by atoms with Gasteiger partial charge < -0.3 is 5.73 Å². The van der Waals surface area contributed by atoms with E-state index in [1.165, 1.54) is 18.2 Å². The lowest BCUT2D eigenvalue weighted by Crippen LogP contribution is -2.23. The number of carbonyl (C=O) groups excluding carboxylic acids is 1. The molecule has 1 rings (SSSR count). The van der Waals surface area contributed by atoms with E-state index in [-0.39, 0.29) is 11.3 Å². The van der Waals surface area contributed by atoms with E-state index in [9.17, 15) is 13.2 Å². The number of rotatable bonds is 3. The number of nitrogens with one attached hydrogen (secondary N) is 1. The lowest BCUT2D eigenvalue weighted by molar-refractivity contribution is 0.0999. The molecule has 6 nitrogen and oxygen atoms in total. The van der Waals surface area contributed by atoms with Crippen LogP contribution in [0.2, 0.25) is 0 Å². The molecule has 0 fully saturated rings. The quantitative estimate of drug-likeness (QED) is 0.661. The minimum absolute atomic E-state index is 0.244. The van der Waals surface area contributed by atoms with Crippen molar-refractivity contribution in [3.05, 3.63) is 29.3 Å². The van der Waals surface area contributed by atoms with E-state index in [0.717, 1.165) is 0 Å². The Morgan fingerprint density at radius 1 is 1.40 bits per heavy atom. The molecule has 0 heterocycles. The summed E-state index contributed by atoms with van der Waals surface area (Å²) >= 11 is 0. The number of hydrogen-bond acceptors (Lipinski definition) is 3. The van der Waals surface area contributed by atoms with Crippen molar-refractivity contribution in [2.45, 2.75) is 6.92 Å². The van der Waals surface area contributed by atoms with Gasteiger partial charge in [0, 0.05) is 5.56 Å². The topological polar surface area (TPSA) is 115 Å². The Balaban J connectivity index is 3.22. The van der Waals surface area contributed by atoms with Crippen molar-refractivity contribution in [3.8, 4) is 0 Å². The van der Waals surface area contributed by atoms with Crippen LogP contribution in [0.4, 0.5) is 5.69 Å². The van der Waals surface area contributed by atoms with E-state index < -0.39 is 16.1 Å². The summed E-state index contributed by atoms with van der Waals surface area (Å²) in [6, 6.07) is 4.51. The van der Waals surface area contributed by atoms with Gasteiger partial charge in [0.1, 0.15) is 0 Å². The molecular formula is C8H11N3O3S. The molecule has 0 spiro atoms. The van der Waals surface area contributed by atoms with Crippen LogP contribution in [-0.2, 0) is 10.2 Å². The van der Waals surface area contributed by atoms with Gasteiger partial charge in [0.2, 0.25) is 5.91 Å². The van der Waals surface area contributed by atoms with Gasteiger partial charge in [0.05, 0.1) is 5.69 Å². The molecule has 1 aromatic carbocycles. The molecule has 0 saturated carbocycles. The van der Waals surface area contributed by atoms with E-state index in [4.69, 9.17) is 10.9 Å². The van der Waals surface area contributed by atoms with Gasteiger partial charge in [-0.25, -0.2) is 5.14 Å². The van der Waals surface area contributed by atoms with Gasteiger partial charge in [-0.15, -0.1) is 0 Å². The van der Waals surface area contributed by atoms with Gasteiger partial charge in [-0.3, -0.25) is 9.52 Å². The standard InChI is InChI=1S/C8H11N3O3S/c1-5-6(8(9)12)3-2-4-7(5)11-15(10,13)14/h2-4,11H,1H3,(H2,9,12)(H2,10,13,14). The van der Waals surface area contributed by atoms with Crippen LogP contribution in [0.25, 0.3) is 0 Å². The molecule has 0 saturated heterocycles. The van der Waals surface area contributed by atoms with Gasteiger partial charge in [-0.1, -0.05) is 6.07 Å². The van der Waals surface area contributed by atoms with Crippen LogP contribution in [0.1, 0.15) is 15.9 Å². The van der Waals surface area contributed by atoms with Crippen molar-refractivity contribution in [2.24, 2.45) is 10.9 Å². The number of primary amides is 1. The van der Waals surface area contributed by atoms with Crippen molar-refractivity contribution >= 4 is 21.8 Å². The average Bonchev–Trinajstić information content (AvgIpc) is 2.05. The lowest BCUT2D eigenvalue weighted by atomic mass is 10.1. The van der Waals surface area contributed by atoms with Crippen LogP contribution in [0.5, 0.6) is 0 Å². The Kier molecular flexibility index (Phi) is 2.96. The summed E-state index contributed by atoms with van der Waals surface area (Å²) in [4.78, 5) is 11.0. The van der Waals surface area contributed by atoms with E-state index in [1.54, 1.807) is 6.92 Å². The zero-order valence-corrected chi connectivity index (χ0v) is 8.84. The van der Waals surface area contributed by atoms with Crippen molar-refractivity contribution in [3.63, 3.8) is 0 Å². The maximum absolute atomic E-state index is 11.0. The first-order chi connectivity index (χ1) is 6.81. The number of nitrogens with two attached hydrogens (primary N) is 2. The third kappa shape index (κ3) is 2.93. The molecule has 0 atom stereocenters. The van der Waals surface area contributed by atoms with E-state index >= 15 is 0 Å². The minimum Gasteiger partial charge on any atom is -0.366 e. The maximum Gasteiger partial charge on any atom is 0.296 e. The number of benzene rings is 1. The molecule has 0 aromatic heterocycles. The fourth-order valence-corrected chi connectivity index (χ4v) is 1.69. The van der Waals surface area contributed by atoms with E-state index in [0.29, 0.717) is 5.56 Å². The number of amides is 1. The average molecular weight is 229 g/mol. The van der Waals surface area contributed by atoms with Gasteiger partial charge in [-0.05, 0) is 24.6 Å². The van der Waals surface area contributed by atoms with Crippen LogP contribution in [-0.4, -0.2) is 14.3 Å². The summed E-state index contributed by atoms with van der Waals surface area (Å²) in [5.74, 6) is -0.620. The Hall–Kier alpha value is -1.60. The molecule has 0 unspecified atom stereocenters. The fourth-order valence-electron chi connectivity index (χ4n) is 1.17. The Labute approximate surface area is 87.4 Å². The first-order valence-electron chi connectivity index (χ1n) is 4.01. The first-order valence-corrected chi connectivity index (χ1v) is 5.56. The summed E-state index contributed by atoms with van der Waals surface area (Å²) < 4.78 is 23.7. The molecule has 7 heteroatoms. The van der Waals surface area contributed by atoms with Crippen LogP contribution < -0.4 is 15.6 Å². The molecule has 0 aliphatic rings. The highest BCUT2D eigenvalue weighted by Gasteiger charge is 2.10. The van der Waals surface area contributed by atoms with E-state index in [2.05, 4.69) is 4.72 Å². The summed E-state index contributed by atoms with van der Waals surface area (Å²) in [5.41, 5.74) is 6.04. The van der Waals surface area contributed by atoms with Crippen molar-refractivity contribution < 1.29 is 13.2 Å². The van der Waals surface area contributed by atoms with Crippen molar-refractivity contribution in [1.29, 1.82) is 0 Å². The van der Waals surface area contributed by atoms with Gasteiger partial charge in [0.15, 0.2) is 0 Å². The zero-order chi connectivity index (χ0) is 11.6. The third-order valence-electron chi connectivity index (χ3n) is 1.85. The second-order valence-corrected chi connectivity index (χ2v) is 4.28. The number of carbonyl (C=O) groups is 1. The van der Waals surface area contributed by atoms with Crippen LogP contribution in [0.3, 0.4) is 0 Å². The molecule has 1 aromatic rings. The number of hydrogen-bond donors (Lipinski definition) is 3. The maximum atomic E-state index is 11.0. The second kappa shape index (κ2) is 3.87. The highest BCUT2D eigenvalue weighted by Crippen LogP contribution is 2.18.